The summed E-state index contributed by atoms with van der Waals surface area (Å²) < 4.78 is 0. The van der Waals surface area contributed by atoms with Crippen molar-refractivity contribution in [3.05, 3.63) is 102 Å². The molecule has 0 bridgehead atoms. The van der Waals surface area contributed by atoms with Gasteiger partial charge in [-0.25, -0.2) is 0 Å². The number of hydrogen-bond acceptors (Lipinski definition) is 4. The molecule has 1 aliphatic heterocycles. The van der Waals surface area contributed by atoms with Gasteiger partial charge in [0, 0.05) is 42.0 Å². The van der Waals surface area contributed by atoms with Crippen molar-refractivity contribution < 1.29 is 9.59 Å². The highest BCUT2D eigenvalue weighted by Gasteiger charge is 2.37. The van der Waals surface area contributed by atoms with Crippen LogP contribution in [0.25, 0.3) is 10.9 Å². The topological polar surface area (TPSA) is 104 Å². The first-order valence-electron chi connectivity index (χ1n) is 12.5. The first-order chi connectivity index (χ1) is 17.6. The van der Waals surface area contributed by atoms with E-state index >= 15 is 0 Å². The molecule has 2 aromatic carbocycles. The number of pyridine rings is 1. The Morgan fingerprint density at radius 2 is 1.74 bits per heavy atom. The molecule has 200 valence electrons. The molecule has 0 radical (unpaired) electrons. The molecule has 0 aliphatic carbocycles. The van der Waals surface area contributed by atoms with Crippen LogP contribution in [-0.2, 0) is 22.4 Å². The monoisotopic (exact) mass is 553 g/mol. The van der Waals surface area contributed by atoms with Crippen molar-refractivity contribution in [3.63, 3.8) is 0 Å². The molecule has 3 atom stereocenters. The molecule has 4 aromatic rings. The maximum Gasteiger partial charge on any atom is 0.243 e. The summed E-state index contributed by atoms with van der Waals surface area (Å²) in [6.45, 7) is 0.536. The van der Waals surface area contributed by atoms with Crippen LogP contribution in [0.3, 0.4) is 0 Å². The number of halogens is 2. The number of aromatic nitrogens is 2. The number of carbonyl (C=O) groups is 2. The third-order valence-electron chi connectivity index (χ3n) is 6.93. The van der Waals surface area contributed by atoms with E-state index in [9.17, 15) is 9.59 Å². The molecule has 38 heavy (non-hydrogen) atoms. The Kier molecular flexibility index (Phi) is 10.3. The number of fused-ring (bicyclic) bond motifs is 1. The second kappa shape index (κ2) is 13.4. The van der Waals surface area contributed by atoms with E-state index in [4.69, 9.17) is 5.73 Å². The Hall–Kier alpha value is -3.39. The minimum atomic E-state index is -0.712. The van der Waals surface area contributed by atoms with Gasteiger partial charge in [-0.15, -0.1) is 24.8 Å². The summed E-state index contributed by atoms with van der Waals surface area (Å²) in [5.74, 6) is -0.330. The lowest BCUT2D eigenvalue weighted by molar-refractivity contribution is -0.139. The van der Waals surface area contributed by atoms with Crippen molar-refractivity contribution in [1.82, 2.24) is 20.2 Å². The average Bonchev–Trinajstić information content (AvgIpc) is 3.57. The summed E-state index contributed by atoms with van der Waals surface area (Å²) >= 11 is 0. The Balaban J connectivity index is 0.00000200. The van der Waals surface area contributed by atoms with Crippen LogP contribution in [0.4, 0.5) is 0 Å². The number of nitrogens with one attached hydrogen (secondary N) is 2. The lowest BCUT2D eigenvalue weighted by atomic mass is 10.0. The second-order valence-corrected chi connectivity index (χ2v) is 9.36. The van der Waals surface area contributed by atoms with E-state index in [2.05, 4.69) is 15.3 Å². The summed E-state index contributed by atoms with van der Waals surface area (Å²) in [4.78, 5) is 36.2. The number of rotatable bonds is 8. The Morgan fingerprint density at radius 1 is 1.00 bits per heavy atom. The van der Waals surface area contributed by atoms with E-state index < -0.39 is 12.1 Å². The van der Waals surface area contributed by atoms with E-state index in [0.29, 0.717) is 25.8 Å². The van der Waals surface area contributed by atoms with Crippen LogP contribution >= 0.6 is 24.8 Å². The van der Waals surface area contributed by atoms with Crippen LogP contribution < -0.4 is 11.1 Å². The SMILES string of the molecule is Cl.Cl.NC(Cc1c[nH]c2ccccc12)C(=O)N1CCCC1C(=O)NC(Cc1ccccn1)c1ccccc1. The van der Waals surface area contributed by atoms with Crippen LogP contribution in [0.5, 0.6) is 0 Å². The molecule has 0 spiro atoms. The van der Waals surface area contributed by atoms with Crippen LogP contribution in [0, 0.1) is 0 Å². The molecule has 7 nitrogen and oxygen atoms in total. The minimum Gasteiger partial charge on any atom is -0.361 e. The number of nitrogens with zero attached hydrogens (tertiary/aromatic N) is 2. The second-order valence-electron chi connectivity index (χ2n) is 9.36. The van der Waals surface area contributed by atoms with Gasteiger partial charge < -0.3 is 20.9 Å². The number of amides is 2. The maximum absolute atomic E-state index is 13.5. The summed E-state index contributed by atoms with van der Waals surface area (Å²) in [6, 6.07) is 22.1. The van der Waals surface area contributed by atoms with Gasteiger partial charge in [0.05, 0.1) is 12.1 Å². The molecule has 3 heterocycles. The van der Waals surface area contributed by atoms with Crippen LogP contribution in [-0.4, -0.2) is 45.3 Å². The zero-order chi connectivity index (χ0) is 24.9. The van der Waals surface area contributed by atoms with Crippen molar-refractivity contribution in [2.75, 3.05) is 6.54 Å². The standard InChI is InChI=1S/C29H31N5O2.2ClH/c30-24(17-21-19-32-25-13-5-4-12-23(21)25)29(36)34-16-8-14-27(34)28(35)33-26(20-9-2-1-3-10-20)18-22-11-6-7-15-31-22;;/h1-7,9-13,15,19,24,26-27,32H,8,14,16-18,30H2,(H,33,35);2*1H. The van der Waals surface area contributed by atoms with Crippen molar-refractivity contribution in [3.8, 4) is 0 Å². The van der Waals surface area contributed by atoms with Gasteiger partial charge in [0.25, 0.3) is 0 Å². The predicted octanol–water partition coefficient (Wildman–Crippen LogP) is 4.37. The minimum absolute atomic E-state index is 0. The van der Waals surface area contributed by atoms with Crippen molar-refractivity contribution >= 4 is 47.5 Å². The summed E-state index contributed by atoms with van der Waals surface area (Å²) in [6.07, 6.45) is 6.05. The summed E-state index contributed by atoms with van der Waals surface area (Å²) in [5, 5.41) is 4.27. The van der Waals surface area contributed by atoms with E-state index in [-0.39, 0.29) is 42.7 Å². The third-order valence-corrected chi connectivity index (χ3v) is 6.93. The molecule has 3 unspecified atom stereocenters. The van der Waals surface area contributed by atoms with Gasteiger partial charge >= 0.3 is 0 Å². The fraction of sp³-hybridized carbons (Fsp3) is 0.276. The van der Waals surface area contributed by atoms with Crippen LogP contribution in [0.1, 0.15) is 35.7 Å². The molecule has 2 amide bonds. The highest BCUT2D eigenvalue weighted by Crippen LogP contribution is 2.24. The summed E-state index contributed by atoms with van der Waals surface area (Å²) in [7, 11) is 0. The maximum atomic E-state index is 13.5. The lowest BCUT2D eigenvalue weighted by Crippen LogP contribution is -2.52. The molecule has 1 fully saturated rings. The molecule has 4 N–H and O–H groups in total. The molecule has 5 rings (SSSR count). The largest absolute Gasteiger partial charge is 0.361 e. The Labute approximate surface area is 235 Å². The van der Waals surface area contributed by atoms with E-state index in [1.807, 2.05) is 79.0 Å². The first-order valence-corrected chi connectivity index (χ1v) is 12.5. The van der Waals surface area contributed by atoms with Crippen LogP contribution in [0.15, 0.2) is 85.2 Å². The molecular formula is C29H33Cl2N5O2. The van der Waals surface area contributed by atoms with Gasteiger partial charge in [0.1, 0.15) is 6.04 Å². The molecule has 1 saturated heterocycles. The highest BCUT2D eigenvalue weighted by atomic mass is 35.5. The number of carbonyl (C=O) groups excluding carboxylic acids is 2. The normalized spacial score (nSPS) is 16.2. The number of benzene rings is 2. The average molecular weight is 555 g/mol. The van der Waals surface area contributed by atoms with Crippen molar-refractivity contribution in [1.29, 1.82) is 0 Å². The number of likely N-dealkylation sites (tertiary alicyclic amines) is 1. The van der Waals surface area contributed by atoms with E-state index in [1.165, 1.54) is 0 Å². The number of H-pyrrole nitrogens is 1. The fourth-order valence-corrected chi connectivity index (χ4v) is 5.07. The first kappa shape index (κ1) is 29.2. The van der Waals surface area contributed by atoms with Gasteiger partial charge in [-0.3, -0.25) is 14.6 Å². The van der Waals surface area contributed by atoms with Gasteiger partial charge in [0.2, 0.25) is 11.8 Å². The zero-order valence-electron chi connectivity index (χ0n) is 21.0. The molecule has 2 aromatic heterocycles. The van der Waals surface area contributed by atoms with Crippen molar-refractivity contribution in [2.24, 2.45) is 5.73 Å². The van der Waals surface area contributed by atoms with Gasteiger partial charge in [-0.1, -0.05) is 54.6 Å². The van der Waals surface area contributed by atoms with Crippen LogP contribution in [0.2, 0.25) is 0 Å². The lowest BCUT2D eigenvalue weighted by Gasteiger charge is -2.28. The quantitative estimate of drug-likeness (QED) is 0.301. The van der Waals surface area contributed by atoms with Gasteiger partial charge in [-0.05, 0) is 48.6 Å². The molecular weight excluding hydrogens is 521 g/mol. The Bertz CT molecular complexity index is 1330. The number of nitrogens with two attached hydrogens (primary N) is 1. The molecule has 1 aliphatic rings. The van der Waals surface area contributed by atoms with E-state index in [1.54, 1.807) is 11.1 Å². The highest BCUT2D eigenvalue weighted by molar-refractivity contribution is 5.91. The van der Waals surface area contributed by atoms with Crippen molar-refractivity contribution in [2.45, 2.75) is 43.8 Å². The number of para-hydroxylation sites is 1. The number of hydrogen-bond donors (Lipinski definition) is 3. The fourth-order valence-electron chi connectivity index (χ4n) is 5.07. The zero-order valence-corrected chi connectivity index (χ0v) is 22.6. The van der Waals surface area contributed by atoms with Gasteiger partial charge in [-0.2, -0.15) is 0 Å². The summed E-state index contributed by atoms with van der Waals surface area (Å²) in [5.41, 5.74) is 10.3. The molecule has 0 saturated carbocycles. The smallest absolute Gasteiger partial charge is 0.243 e. The third kappa shape index (κ3) is 6.54. The predicted molar refractivity (Wildman–Crippen MR) is 154 cm³/mol. The van der Waals surface area contributed by atoms with E-state index in [0.717, 1.165) is 34.1 Å². The molecule has 9 heteroatoms. The Morgan fingerprint density at radius 3 is 2.50 bits per heavy atom. The van der Waals surface area contributed by atoms with Gasteiger partial charge in [0.15, 0.2) is 0 Å². The number of aromatic amines is 1.